The number of rotatable bonds is 5. The van der Waals surface area contributed by atoms with Gasteiger partial charge in [0, 0.05) is 49.6 Å². The first-order valence-corrected chi connectivity index (χ1v) is 10.5. The molecular weight excluding hydrogens is 396 g/mol. The van der Waals surface area contributed by atoms with E-state index in [1.54, 1.807) is 24.0 Å². The first-order valence-electron chi connectivity index (χ1n) is 9.03. The van der Waals surface area contributed by atoms with Crippen LogP contribution in [0.4, 0.5) is 11.4 Å². The molecule has 1 fully saturated rings. The lowest BCUT2D eigenvalue weighted by Crippen LogP contribution is -2.47. The summed E-state index contributed by atoms with van der Waals surface area (Å²) in [5.74, 6) is -0.0953. The van der Waals surface area contributed by atoms with Crippen molar-refractivity contribution in [2.75, 3.05) is 37.9 Å². The molecule has 1 amide bonds. The molecule has 3 rings (SSSR count). The van der Waals surface area contributed by atoms with E-state index in [1.165, 1.54) is 24.3 Å². The van der Waals surface area contributed by atoms with Gasteiger partial charge in [-0.2, -0.15) is 0 Å². The number of non-ortho nitro benzene ring substituents is 1. The minimum absolute atomic E-state index is 0.0953. The summed E-state index contributed by atoms with van der Waals surface area (Å²) in [4.78, 5) is 26.6. The summed E-state index contributed by atoms with van der Waals surface area (Å²) < 4.78 is 27.8. The van der Waals surface area contributed by atoms with Crippen LogP contribution in [-0.2, 0) is 10.0 Å². The molecule has 0 saturated carbocycles. The van der Waals surface area contributed by atoms with E-state index in [1.807, 2.05) is 7.05 Å². The number of piperazine rings is 1. The van der Waals surface area contributed by atoms with Crippen molar-refractivity contribution in [3.8, 4) is 0 Å². The number of nitrogens with zero attached hydrogens (tertiary/aromatic N) is 3. The fourth-order valence-corrected chi connectivity index (χ4v) is 4.40. The van der Waals surface area contributed by atoms with Crippen molar-refractivity contribution < 1.29 is 18.1 Å². The average molecular weight is 418 g/mol. The smallest absolute Gasteiger partial charge is 0.270 e. The fourth-order valence-electron chi connectivity index (χ4n) is 3.07. The molecule has 0 atom stereocenters. The number of carbonyl (C=O) groups is 1. The van der Waals surface area contributed by atoms with Crippen molar-refractivity contribution in [1.29, 1.82) is 0 Å². The monoisotopic (exact) mass is 418 g/mol. The molecule has 0 spiro atoms. The highest BCUT2D eigenvalue weighted by atomic mass is 32.2. The lowest BCUT2D eigenvalue weighted by Gasteiger charge is -2.32. The molecule has 10 heteroatoms. The number of amides is 1. The van der Waals surface area contributed by atoms with Gasteiger partial charge in [0.05, 0.1) is 9.82 Å². The number of hydrogen-bond acceptors (Lipinski definition) is 6. The molecule has 1 aliphatic heterocycles. The third kappa shape index (κ3) is 4.72. The molecule has 2 aromatic rings. The normalized spacial score (nSPS) is 15.2. The zero-order valence-corrected chi connectivity index (χ0v) is 17.0. The summed E-state index contributed by atoms with van der Waals surface area (Å²) in [5, 5.41) is 11.0. The number of aryl methyl sites for hydroxylation is 1. The van der Waals surface area contributed by atoms with Crippen molar-refractivity contribution >= 4 is 27.3 Å². The molecule has 2 aromatic carbocycles. The van der Waals surface area contributed by atoms with Crippen molar-refractivity contribution in [2.45, 2.75) is 11.8 Å². The Kier molecular flexibility index (Phi) is 5.85. The van der Waals surface area contributed by atoms with Crippen LogP contribution in [0, 0.1) is 17.0 Å². The summed E-state index contributed by atoms with van der Waals surface area (Å²) >= 11 is 0. The topological polar surface area (TPSA) is 113 Å². The van der Waals surface area contributed by atoms with E-state index in [0.29, 0.717) is 24.2 Å². The van der Waals surface area contributed by atoms with Crippen LogP contribution >= 0.6 is 0 Å². The van der Waals surface area contributed by atoms with Crippen LogP contribution < -0.4 is 4.72 Å². The maximum absolute atomic E-state index is 12.7. The van der Waals surface area contributed by atoms with Gasteiger partial charge in [-0.3, -0.25) is 19.6 Å². The Bertz CT molecular complexity index is 1030. The SMILES string of the molecule is Cc1ccc([N+](=O)[O-])cc1S(=O)(=O)Nc1ccc(C(=O)N2CCN(C)CC2)cc1. The van der Waals surface area contributed by atoms with E-state index in [2.05, 4.69) is 9.62 Å². The summed E-state index contributed by atoms with van der Waals surface area (Å²) in [7, 11) is -2.01. The third-order valence-corrected chi connectivity index (χ3v) is 6.37. The zero-order valence-electron chi connectivity index (χ0n) is 16.2. The third-order valence-electron chi connectivity index (χ3n) is 4.85. The molecule has 0 aliphatic carbocycles. The second-order valence-corrected chi connectivity index (χ2v) is 8.64. The maximum Gasteiger partial charge on any atom is 0.270 e. The molecule has 0 radical (unpaired) electrons. The number of sulfonamides is 1. The number of nitro benzene ring substituents is 1. The van der Waals surface area contributed by atoms with Gasteiger partial charge in [0.2, 0.25) is 0 Å². The average Bonchev–Trinajstić information content (AvgIpc) is 2.68. The van der Waals surface area contributed by atoms with Crippen molar-refractivity contribution in [1.82, 2.24) is 9.80 Å². The van der Waals surface area contributed by atoms with Crippen LogP contribution in [0.3, 0.4) is 0 Å². The van der Waals surface area contributed by atoms with Gasteiger partial charge >= 0.3 is 0 Å². The minimum Gasteiger partial charge on any atom is -0.336 e. The summed E-state index contributed by atoms with van der Waals surface area (Å²) in [6.45, 7) is 4.49. The molecule has 0 unspecified atom stereocenters. The molecule has 154 valence electrons. The number of hydrogen-bond donors (Lipinski definition) is 1. The number of benzene rings is 2. The van der Waals surface area contributed by atoms with Crippen LogP contribution in [0.25, 0.3) is 0 Å². The predicted molar refractivity (Wildman–Crippen MR) is 108 cm³/mol. The van der Waals surface area contributed by atoms with Crippen LogP contribution in [0.1, 0.15) is 15.9 Å². The Balaban J connectivity index is 1.76. The molecule has 0 bridgehead atoms. The van der Waals surface area contributed by atoms with Gasteiger partial charge in [-0.05, 0) is 43.8 Å². The predicted octanol–water partition coefficient (Wildman–Crippen LogP) is 2.09. The van der Waals surface area contributed by atoms with E-state index in [0.717, 1.165) is 19.2 Å². The molecule has 29 heavy (non-hydrogen) atoms. The second-order valence-electron chi connectivity index (χ2n) is 6.99. The number of anilines is 1. The largest absolute Gasteiger partial charge is 0.336 e. The first kappa shape index (κ1) is 20.7. The number of carbonyl (C=O) groups excluding carboxylic acids is 1. The van der Waals surface area contributed by atoms with E-state index in [4.69, 9.17) is 0 Å². The Labute approximate surface area is 169 Å². The summed E-state index contributed by atoms with van der Waals surface area (Å²) in [6.07, 6.45) is 0. The minimum atomic E-state index is -4.02. The van der Waals surface area contributed by atoms with Crippen LogP contribution in [-0.4, -0.2) is 62.3 Å². The summed E-state index contributed by atoms with van der Waals surface area (Å²) in [5.41, 5.74) is 0.837. The molecule has 1 N–H and O–H groups in total. The van der Waals surface area contributed by atoms with Gasteiger partial charge < -0.3 is 9.80 Å². The van der Waals surface area contributed by atoms with E-state index in [-0.39, 0.29) is 22.2 Å². The van der Waals surface area contributed by atoms with Gasteiger partial charge in [-0.15, -0.1) is 0 Å². The molecule has 0 aromatic heterocycles. The van der Waals surface area contributed by atoms with Crippen LogP contribution in [0.15, 0.2) is 47.4 Å². The van der Waals surface area contributed by atoms with Gasteiger partial charge in [-0.1, -0.05) is 6.07 Å². The van der Waals surface area contributed by atoms with Gasteiger partial charge in [0.15, 0.2) is 0 Å². The zero-order chi connectivity index (χ0) is 21.2. The Morgan fingerprint density at radius 1 is 1.07 bits per heavy atom. The molecule has 1 heterocycles. The second kappa shape index (κ2) is 8.18. The van der Waals surface area contributed by atoms with E-state index in [9.17, 15) is 23.3 Å². The Morgan fingerprint density at radius 2 is 1.69 bits per heavy atom. The highest BCUT2D eigenvalue weighted by Crippen LogP contribution is 2.24. The lowest BCUT2D eigenvalue weighted by atomic mass is 10.1. The maximum atomic E-state index is 12.7. The highest BCUT2D eigenvalue weighted by Gasteiger charge is 2.22. The first-order chi connectivity index (χ1) is 13.7. The number of likely N-dealkylation sites (N-methyl/N-ethyl adjacent to an activating group) is 1. The molecular formula is C19H22N4O5S. The molecule has 1 aliphatic rings. The van der Waals surface area contributed by atoms with Gasteiger partial charge in [-0.25, -0.2) is 8.42 Å². The van der Waals surface area contributed by atoms with Crippen molar-refractivity contribution in [3.63, 3.8) is 0 Å². The highest BCUT2D eigenvalue weighted by molar-refractivity contribution is 7.92. The Morgan fingerprint density at radius 3 is 2.28 bits per heavy atom. The van der Waals surface area contributed by atoms with Gasteiger partial charge in [0.1, 0.15) is 0 Å². The summed E-state index contributed by atoms with van der Waals surface area (Å²) in [6, 6.07) is 9.83. The van der Waals surface area contributed by atoms with E-state index < -0.39 is 14.9 Å². The standard InChI is InChI=1S/C19H22N4O5S/c1-14-3-8-17(23(25)26)13-18(14)29(27,28)20-16-6-4-15(5-7-16)19(24)22-11-9-21(2)10-12-22/h3-8,13,20H,9-12H2,1-2H3. The van der Waals surface area contributed by atoms with E-state index >= 15 is 0 Å². The molecule has 1 saturated heterocycles. The van der Waals surface area contributed by atoms with Crippen LogP contribution in [0.5, 0.6) is 0 Å². The molecule has 9 nitrogen and oxygen atoms in total. The van der Waals surface area contributed by atoms with Crippen molar-refractivity contribution in [3.05, 3.63) is 63.7 Å². The number of nitrogens with one attached hydrogen (secondary N) is 1. The fraction of sp³-hybridized carbons (Fsp3) is 0.316. The van der Waals surface area contributed by atoms with Crippen LogP contribution in [0.2, 0.25) is 0 Å². The quantitative estimate of drug-likeness (QED) is 0.588. The number of nitro groups is 1. The Hall–Kier alpha value is -2.98. The van der Waals surface area contributed by atoms with Crippen molar-refractivity contribution in [2.24, 2.45) is 0 Å². The lowest BCUT2D eigenvalue weighted by molar-refractivity contribution is -0.385. The van der Waals surface area contributed by atoms with Gasteiger partial charge in [0.25, 0.3) is 21.6 Å².